The van der Waals surface area contributed by atoms with Crippen molar-refractivity contribution in [3.05, 3.63) is 35.9 Å². The van der Waals surface area contributed by atoms with Crippen molar-refractivity contribution in [2.24, 2.45) is 34.5 Å². The van der Waals surface area contributed by atoms with E-state index in [1.165, 1.54) is 6.92 Å². The number of hydrogen-bond donors (Lipinski definition) is 2. The third-order valence-corrected chi connectivity index (χ3v) is 11.2. The Hall–Kier alpha value is -1.92. The van der Waals surface area contributed by atoms with E-state index in [9.17, 15) is 19.8 Å². The molecule has 1 aromatic rings. The largest absolute Gasteiger partial charge is 0.463 e. The summed E-state index contributed by atoms with van der Waals surface area (Å²) >= 11 is 0. The minimum Gasteiger partial charge on any atom is -0.463 e. The molecule has 36 heavy (non-hydrogen) atoms. The van der Waals surface area contributed by atoms with Gasteiger partial charge in [-0.3, -0.25) is 4.79 Å². The van der Waals surface area contributed by atoms with Crippen LogP contribution in [-0.2, 0) is 14.3 Å². The first-order valence-corrected chi connectivity index (χ1v) is 13.8. The second-order valence-corrected chi connectivity index (χ2v) is 12.6. The number of ether oxygens (including phenoxy) is 2. The second-order valence-electron chi connectivity index (χ2n) is 12.6. The zero-order valence-electron chi connectivity index (χ0n) is 22.1. The van der Waals surface area contributed by atoms with Crippen LogP contribution in [0.15, 0.2) is 30.3 Å². The summed E-state index contributed by atoms with van der Waals surface area (Å²) in [6, 6.07) is 9.17. The molecule has 198 valence electrons. The first-order chi connectivity index (χ1) is 17.0. The number of aliphatic hydroxyl groups is 2. The molecule has 5 rings (SSSR count). The fourth-order valence-electron chi connectivity index (χ4n) is 9.20. The molecule has 4 aliphatic carbocycles. The number of esters is 2. The average molecular weight is 499 g/mol. The van der Waals surface area contributed by atoms with E-state index in [2.05, 4.69) is 6.92 Å². The topological polar surface area (TPSA) is 93.1 Å². The van der Waals surface area contributed by atoms with Crippen molar-refractivity contribution in [3.8, 4) is 0 Å². The Bertz CT molecular complexity index is 994. The molecule has 0 bridgehead atoms. The Balaban J connectivity index is 1.33. The number of carbonyl (C=O) groups is 2. The Kier molecular flexibility index (Phi) is 6.52. The lowest BCUT2D eigenvalue weighted by Gasteiger charge is -2.65. The van der Waals surface area contributed by atoms with Gasteiger partial charge in [-0.1, -0.05) is 32.0 Å². The van der Waals surface area contributed by atoms with Gasteiger partial charge in [0.2, 0.25) is 0 Å². The summed E-state index contributed by atoms with van der Waals surface area (Å²) in [6.07, 6.45) is 5.46. The molecular formula is C30H42O6. The van der Waals surface area contributed by atoms with Crippen molar-refractivity contribution >= 4 is 11.9 Å². The molecule has 6 heteroatoms. The number of rotatable bonds is 4. The van der Waals surface area contributed by atoms with E-state index in [4.69, 9.17) is 9.47 Å². The van der Waals surface area contributed by atoms with E-state index in [0.717, 1.165) is 38.5 Å². The molecule has 10 atom stereocenters. The molecule has 4 fully saturated rings. The van der Waals surface area contributed by atoms with Crippen LogP contribution >= 0.6 is 0 Å². The van der Waals surface area contributed by atoms with Gasteiger partial charge < -0.3 is 19.7 Å². The molecule has 0 aromatic heterocycles. The van der Waals surface area contributed by atoms with Gasteiger partial charge in [0.05, 0.1) is 17.3 Å². The van der Waals surface area contributed by atoms with E-state index < -0.39 is 17.1 Å². The van der Waals surface area contributed by atoms with Crippen molar-refractivity contribution in [3.63, 3.8) is 0 Å². The van der Waals surface area contributed by atoms with Crippen LogP contribution in [0.4, 0.5) is 0 Å². The molecule has 0 saturated heterocycles. The fourth-order valence-corrected chi connectivity index (χ4v) is 9.20. The number of carbonyl (C=O) groups excluding carboxylic acids is 2. The lowest BCUT2D eigenvalue weighted by molar-refractivity contribution is -0.253. The van der Waals surface area contributed by atoms with E-state index in [-0.39, 0.29) is 47.3 Å². The van der Waals surface area contributed by atoms with Gasteiger partial charge >= 0.3 is 11.9 Å². The van der Waals surface area contributed by atoms with Crippen molar-refractivity contribution < 1.29 is 29.3 Å². The SMILES string of the molecule is CC(=O)OC(C)[C@H]1CC[C@]2(O)C3CC[C@@H]4C[C@@H](OC(=O)c5ccccc5)CC[C@]4(C)C3C[C@@H](O)[C@]12C. The van der Waals surface area contributed by atoms with Gasteiger partial charge in [-0.2, -0.15) is 0 Å². The summed E-state index contributed by atoms with van der Waals surface area (Å²) in [6.45, 7) is 7.69. The molecule has 0 radical (unpaired) electrons. The molecular weight excluding hydrogens is 456 g/mol. The van der Waals surface area contributed by atoms with Crippen LogP contribution in [0.25, 0.3) is 0 Å². The van der Waals surface area contributed by atoms with Gasteiger partial charge in [-0.05, 0) is 93.6 Å². The predicted octanol–water partition coefficient (Wildman–Crippen LogP) is 4.91. The predicted molar refractivity (Wildman–Crippen MR) is 135 cm³/mol. The number of benzene rings is 1. The van der Waals surface area contributed by atoms with Gasteiger partial charge in [-0.15, -0.1) is 0 Å². The van der Waals surface area contributed by atoms with Gasteiger partial charge in [0.1, 0.15) is 12.2 Å². The molecule has 0 heterocycles. The molecule has 0 spiro atoms. The fraction of sp³-hybridized carbons (Fsp3) is 0.733. The monoisotopic (exact) mass is 498 g/mol. The highest BCUT2D eigenvalue weighted by Crippen LogP contribution is 2.69. The van der Waals surface area contributed by atoms with Gasteiger partial charge in [0, 0.05) is 18.3 Å². The van der Waals surface area contributed by atoms with E-state index in [0.29, 0.717) is 24.3 Å². The van der Waals surface area contributed by atoms with Crippen molar-refractivity contribution in [2.75, 3.05) is 0 Å². The zero-order chi connectivity index (χ0) is 25.9. The molecule has 0 aliphatic heterocycles. The quantitative estimate of drug-likeness (QED) is 0.573. The lowest BCUT2D eigenvalue weighted by Crippen LogP contribution is -2.67. The minimum atomic E-state index is -0.973. The van der Waals surface area contributed by atoms with Crippen molar-refractivity contribution in [1.29, 1.82) is 0 Å². The zero-order valence-corrected chi connectivity index (χ0v) is 22.1. The molecule has 4 aliphatic rings. The highest BCUT2D eigenvalue weighted by molar-refractivity contribution is 5.89. The van der Waals surface area contributed by atoms with Crippen LogP contribution in [0.5, 0.6) is 0 Å². The number of aliphatic hydroxyl groups excluding tert-OH is 1. The highest BCUT2D eigenvalue weighted by Gasteiger charge is 2.71. The van der Waals surface area contributed by atoms with Crippen LogP contribution in [0.2, 0.25) is 0 Å². The lowest BCUT2D eigenvalue weighted by atomic mass is 9.42. The van der Waals surface area contributed by atoms with Gasteiger partial charge in [-0.25, -0.2) is 4.79 Å². The summed E-state index contributed by atoms with van der Waals surface area (Å²) in [5.41, 5.74) is -1.09. The Morgan fingerprint density at radius 3 is 2.42 bits per heavy atom. The normalized spacial score (nSPS) is 44.5. The van der Waals surface area contributed by atoms with E-state index in [1.807, 2.05) is 32.0 Å². The van der Waals surface area contributed by atoms with Crippen LogP contribution in [0, 0.1) is 34.5 Å². The maximum Gasteiger partial charge on any atom is 0.338 e. The summed E-state index contributed by atoms with van der Waals surface area (Å²) in [5.74, 6) is 0.0970. The van der Waals surface area contributed by atoms with E-state index in [1.54, 1.807) is 12.1 Å². The minimum absolute atomic E-state index is 0.00377. The summed E-state index contributed by atoms with van der Waals surface area (Å²) in [7, 11) is 0. The summed E-state index contributed by atoms with van der Waals surface area (Å²) in [5, 5.41) is 23.9. The standard InChI is InChI=1S/C30H42O6/c1-18(35-19(2)31)23-13-15-30(34)24-11-10-21-16-22(36-27(33)20-8-6-5-7-9-20)12-14-28(21,3)25(24)17-26(32)29(23,30)4/h5-9,18,21-26,32,34H,10-17H2,1-4H3/t18?,21-,22+,23-,24?,25?,26-,28+,29+,30+/m1/s1. The third-order valence-electron chi connectivity index (χ3n) is 11.2. The Labute approximate surface area is 214 Å². The Morgan fingerprint density at radius 1 is 1.00 bits per heavy atom. The van der Waals surface area contributed by atoms with Crippen molar-refractivity contribution in [1.82, 2.24) is 0 Å². The van der Waals surface area contributed by atoms with E-state index >= 15 is 0 Å². The maximum atomic E-state index is 12.7. The van der Waals surface area contributed by atoms with Gasteiger partial charge in [0.25, 0.3) is 0 Å². The second kappa shape index (κ2) is 9.13. The van der Waals surface area contributed by atoms with Crippen molar-refractivity contribution in [2.45, 2.75) is 103 Å². The van der Waals surface area contributed by atoms with Crippen LogP contribution in [0.1, 0.15) is 89.4 Å². The van der Waals surface area contributed by atoms with Crippen LogP contribution in [-0.4, -0.2) is 46.1 Å². The molecule has 1 aromatic carbocycles. The van der Waals surface area contributed by atoms with Gasteiger partial charge in [0.15, 0.2) is 0 Å². The number of hydrogen-bond acceptors (Lipinski definition) is 6. The summed E-state index contributed by atoms with van der Waals surface area (Å²) in [4.78, 5) is 24.3. The average Bonchev–Trinajstić information content (AvgIpc) is 3.13. The Morgan fingerprint density at radius 2 is 1.72 bits per heavy atom. The van der Waals surface area contributed by atoms with Crippen LogP contribution < -0.4 is 0 Å². The van der Waals surface area contributed by atoms with Crippen LogP contribution in [0.3, 0.4) is 0 Å². The first kappa shape index (κ1) is 25.7. The number of fused-ring (bicyclic) bond motifs is 5. The third kappa shape index (κ3) is 3.82. The molecule has 2 N–H and O–H groups in total. The molecule has 6 nitrogen and oxygen atoms in total. The smallest absolute Gasteiger partial charge is 0.338 e. The first-order valence-electron chi connectivity index (χ1n) is 13.8. The molecule has 0 amide bonds. The molecule has 3 unspecified atom stereocenters. The molecule has 4 saturated carbocycles. The maximum absolute atomic E-state index is 12.7. The summed E-state index contributed by atoms with van der Waals surface area (Å²) < 4.78 is 11.5. The highest BCUT2D eigenvalue weighted by atomic mass is 16.5.